The molecule has 0 atom stereocenters. The van der Waals surface area contributed by atoms with E-state index in [0.29, 0.717) is 23.1 Å². The standard InChI is InChI=1S/C15H15ClN4O/c1-3-9-17-14-8-7-13(19-20-14)15(21)18-12-6-4-5-11(16)10(12)2/h3-8H,1,9H2,2H3,(H,17,20)(H,18,21). The minimum Gasteiger partial charge on any atom is -0.365 e. The number of benzene rings is 1. The molecule has 0 radical (unpaired) electrons. The SMILES string of the molecule is C=CCNc1ccc(C(=O)Nc2cccc(Cl)c2C)nn1. The van der Waals surface area contributed by atoms with Crippen LogP contribution in [0.3, 0.4) is 0 Å². The van der Waals surface area contributed by atoms with Crippen molar-refractivity contribution in [2.45, 2.75) is 6.92 Å². The molecule has 0 spiro atoms. The van der Waals surface area contributed by atoms with Crippen LogP contribution in [-0.2, 0) is 0 Å². The topological polar surface area (TPSA) is 66.9 Å². The highest BCUT2D eigenvalue weighted by Crippen LogP contribution is 2.23. The van der Waals surface area contributed by atoms with Crippen LogP contribution in [0.1, 0.15) is 16.1 Å². The molecule has 108 valence electrons. The van der Waals surface area contributed by atoms with E-state index in [-0.39, 0.29) is 11.6 Å². The number of amides is 1. The number of nitrogens with zero attached hydrogens (tertiary/aromatic N) is 2. The molecule has 0 saturated carbocycles. The Balaban J connectivity index is 2.09. The van der Waals surface area contributed by atoms with Gasteiger partial charge in [-0.2, -0.15) is 0 Å². The van der Waals surface area contributed by atoms with E-state index in [1.807, 2.05) is 6.92 Å². The summed E-state index contributed by atoms with van der Waals surface area (Å²) in [6.07, 6.45) is 1.71. The maximum absolute atomic E-state index is 12.1. The van der Waals surface area contributed by atoms with Gasteiger partial charge in [-0.15, -0.1) is 16.8 Å². The van der Waals surface area contributed by atoms with E-state index in [4.69, 9.17) is 11.6 Å². The second kappa shape index (κ2) is 6.85. The molecule has 2 aromatic rings. The Morgan fingerprint density at radius 1 is 1.33 bits per heavy atom. The normalized spacial score (nSPS) is 10.0. The number of aromatic nitrogens is 2. The molecule has 1 amide bonds. The molecule has 1 aromatic heterocycles. The highest BCUT2D eigenvalue weighted by atomic mass is 35.5. The Labute approximate surface area is 128 Å². The third-order valence-corrected chi connectivity index (χ3v) is 3.25. The van der Waals surface area contributed by atoms with E-state index in [1.165, 1.54) is 0 Å². The fourth-order valence-electron chi connectivity index (χ4n) is 1.65. The third kappa shape index (κ3) is 3.79. The van der Waals surface area contributed by atoms with Crippen LogP contribution in [-0.4, -0.2) is 22.6 Å². The van der Waals surface area contributed by atoms with Gasteiger partial charge >= 0.3 is 0 Å². The molecule has 0 unspecified atom stereocenters. The lowest BCUT2D eigenvalue weighted by Crippen LogP contribution is -2.15. The van der Waals surface area contributed by atoms with Crippen molar-refractivity contribution in [2.75, 3.05) is 17.2 Å². The number of hydrogen-bond acceptors (Lipinski definition) is 4. The van der Waals surface area contributed by atoms with Crippen molar-refractivity contribution >= 4 is 29.0 Å². The Bertz CT molecular complexity index is 655. The number of hydrogen-bond donors (Lipinski definition) is 2. The quantitative estimate of drug-likeness (QED) is 0.832. The van der Waals surface area contributed by atoms with Crippen molar-refractivity contribution in [3.63, 3.8) is 0 Å². The van der Waals surface area contributed by atoms with Gasteiger partial charge in [0.1, 0.15) is 5.82 Å². The average molecular weight is 303 g/mol. The molecule has 0 aliphatic heterocycles. The van der Waals surface area contributed by atoms with E-state index in [1.54, 1.807) is 36.4 Å². The van der Waals surface area contributed by atoms with E-state index < -0.39 is 0 Å². The van der Waals surface area contributed by atoms with Crippen molar-refractivity contribution < 1.29 is 4.79 Å². The molecule has 0 aliphatic carbocycles. The maximum atomic E-state index is 12.1. The van der Waals surface area contributed by atoms with Crippen LogP contribution in [0.5, 0.6) is 0 Å². The maximum Gasteiger partial charge on any atom is 0.276 e. The summed E-state index contributed by atoms with van der Waals surface area (Å²) in [5, 5.41) is 14.2. The van der Waals surface area contributed by atoms with E-state index >= 15 is 0 Å². The Morgan fingerprint density at radius 3 is 2.81 bits per heavy atom. The Morgan fingerprint density at radius 2 is 2.14 bits per heavy atom. The predicted molar refractivity (Wildman–Crippen MR) is 84.9 cm³/mol. The van der Waals surface area contributed by atoms with E-state index in [0.717, 1.165) is 5.56 Å². The van der Waals surface area contributed by atoms with Gasteiger partial charge in [-0.25, -0.2) is 0 Å². The van der Waals surface area contributed by atoms with Crippen LogP contribution in [0, 0.1) is 6.92 Å². The van der Waals surface area contributed by atoms with Crippen molar-refractivity contribution in [1.29, 1.82) is 0 Å². The van der Waals surface area contributed by atoms with Gasteiger partial charge in [0.15, 0.2) is 5.69 Å². The van der Waals surface area contributed by atoms with Gasteiger partial charge in [-0.05, 0) is 36.8 Å². The summed E-state index contributed by atoms with van der Waals surface area (Å²) in [6, 6.07) is 8.63. The number of carbonyl (C=O) groups is 1. The summed E-state index contributed by atoms with van der Waals surface area (Å²) in [6.45, 7) is 6.02. The van der Waals surface area contributed by atoms with E-state index in [9.17, 15) is 4.79 Å². The van der Waals surface area contributed by atoms with Gasteiger partial charge in [0.2, 0.25) is 0 Å². The van der Waals surface area contributed by atoms with Crippen LogP contribution >= 0.6 is 11.6 Å². The fraction of sp³-hybridized carbons (Fsp3) is 0.133. The first-order valence-corrected chi connectivity index (χ1v) is 6.74. The van der Waals surface area contributed by atoms with Crippen molar-refractivity contribution in [3.05, 3.63) is 59.3 Å². The van der Waals surface area contributed by atoms with E-state index in [2.05, 4.69) is 27.4 Å². The van der Waals surface area contributed by atoms with Gasteiger partial charge in [0, 0.05) is 17.3 Å². The van der Waals surface area contributed by atoms with Crippen LogP contribution in [0.4, 0.5) is 11.5 Å². The number of nitrogens with one attached hydrogen (secondary N) is 2. The molecule has 1 heterocycles. The summed E-state index contributed by atoms with van der Waals surface area (Å²) >= 11 is 6.02. The minimum atomic E-state index is -0.330. The first-order chi connectivity index (χ1) is 10.1. The Hall–Kier alpha value is -2.40. The lowest BCUT2D eigenvalue weighted by atomic mass is 10.2. The molecule has 5 nitrogen and oxygen atoms in total. The van der Waals surface area contributed by atoms with Gasteiger partial charge < -0.3 is 10.6 Å². The summed E-state index contributed by atoms with van der Waals surface area (Å²) in [5.74, 6) is 0.258. The van der Waals surface area contributed by atoms with Crippen molar-refractivity contribution in [2.24, 2.45) is 0 Å². The highest BCUT2D eigenvalue weighted by molar-refractivity contribution is 6.31. The summed E-state index contributed by atoms with van der Waals surface area (Å²) in [4.78, 5) is 12.1. The molecule has 2 N–H and O–H groups in total. The van der Waals surface area contributed by atoms with Gasteiger partial charge in [-0.1, -0.05) is 23.7 Å². The Kier molecular flexibility index (Phi) is 4.90. The van der Waals surface area contributed by atoms with Gasteiger partial charge in [0.05, 0.1) is 0 Å². The second-order valence-electron chi connectivity index (χ2n) is 4.34. The summed E-state index contributed by atoms with van der Waals surface area (Å²) in [5.41, 5.74) is 1.70. The molecule has 6 heteroatoms. The lowest BCUT2D eigenvalue weighted by molar-refractivity contribution is 0.102. The number of rotatable bonds is 5. The molecule has 1 aromatic carbocycles. The van der Waals surface area contributed by atoms with Crippen LogP contribution in [0.2, 0.25) is 5.02 Å². The first kappa shape index (κ1) is 15.0. The third-order valence-electron chi connectivity index (χ3n) is 2.84. The van der Waals surface area contributed by atoms with Crippen molar-refractivity contribution in [3.8, 4) is 0 Å². The largest absolute Gasteiger partial charge is 0.365 e. The molecule has 2 rings (SSSR count). The monoisotopic (exact) mass is 302 g/mol. The van der Waals surface area contributed by atoms with Crippen LogP contribution < -0.4 is 10.6 Å². The zero-order valence-corrected chi connectivity index (χ0v) is 12.3. The predicted octanol–water partition coefficient (Wildman–Crippen LogP) is 3.29. The first-order valence-electron chi connectivity index (χ1n) is 6.37. The zero-order chi connectivity index (χ0) is 15.2. The molecule has 0 aliphatic rings. The number of carbonyl (C=O) groups excluding carboxylic acids is 1. The fourth-order valence-corrected chi connectivity index (χ4v) is 1.83. The average Bonchev–Trinajstić information content (AvgIpc) is 2.50. The molecule has 0 bridgehead atoms. The molecular weight excluding hydrogens is 288 g/mol. The second-order valence-corrected chi connectivity index (χ2v) is 4.75. The highest BCUT2D eigenvalue weighted by Gasteiger charge is 2.11. The lowest BCUT2D eigenvalue weighted by Gasteiger charge is -2.09. The molecule has 0 saturated heterocycles. The summed E-state index contributed by atoms with van der Waals surface area (Å²) in [7, 11) is 0. The number of anilines is 2. The van der Waals surface area contributed by atoms with Crippen LogP contribution in [0.15, 0.2) is 43.0 Å². The van der Waals surface area contributed by atoms with Gasteiger partial charge in [0.25, 0.3) is 5.91 Å². The molecular formula is C15H15ClN4O. The van der Waals surface area contributed by atoms with Crippen LogP contribution in [0.25, 0.3) is 0 Å². The number of halogens is 1. The molecule has 0 fully saturated rings. The van der Waals surface area contributed by atoms with Gasteiger partial charge in [-0.3, -0.25) is 4.79 Å². The smallest absolute Gasteiger partial charge is 0.276 e. The minimum absolute atomic E-state index is 0.235. The molecule has 21 heavy (non-hydrogen) atoms. The summed E-state index contributed by atoms with van der Waals surface area (Å²) < 4.78 is 0. The van der Waals surface area contributed by atoms with Crippen molar-refractivity contribution in [1.82, 2.24) is 10.2 Å². The zero-order valence-electron chi connectivity index (χ0n) is 11.6.